The monoisotopic (exact) mass is 278 g/mol. The zero-order chi connectivity index (χ0) is 15.1. The summed E-state index contributed by atoms with van der Waals surface area (Å²) in [6, 6.07) is 4.72. The summed E-state index contributed by atoms with van der Waals surface area (Å²) in [5.74, 6) is -1.81. The fourth-order valence-corrected chi connectivity index (χ4v) is 1.38. The molecule has 4 amide bonds. The van der Waals surface area contributed by atoms with Crippen LogP contribution in [-0.4, -0.2) is 24.4 Å². The molecule has 1 aromatic carbocycles. The highest BCUT2D eigenvalue weighted by Crippen LogP contribution is 2.13. The van der Waals surface area contributed by atoms with Crippen molar-refractivity contribution in [1.29, 1.82) is 0 Å². The van der Waals surface area contributed by atoms with E-state index in [-0.39, 0.29) is 0 Å². The summed E-state index contributed by atoms with van der Waals surface area (Å²) in [4.78, 5) is 34.1. The highest BCUT2D eigenvalue weighted by atomic mass is 16.2. The Bertz CT molecular complexity index is 528. The number of hydrazine groups is 1. The van der Waals surface area contributed by atoms with E-state index < -0.39 is 17.8 Å². The van der Waals surface area contributed by atoms with E-state index in [9.17, 15) is 14.4 Å². The van der Waals surface area contributed by atoms with E-state index in [4.69, 9.17) is 0 Å². The Balaban J connectivity index is 2.51. The van der Waals surface area contributed by atoms with Gasteiger partial charge in [-0.2, -0.15) is 0 Å². The van der Waals surface area contributed by atoms with Crippen molar-refractivity contribution >= 4 is 23.5 Å². The van der Waals surface area contributed by atoms with Crippen LogP contribution in [0.25, 0.3) is 0 Å². The molecule has 1 aromatic rings. The van der Waals surface area contributed by atoms with Gasteiger partial charge in [-0.05, 0) is 44.0 Å². The zero-order valence-electron chi connectivity index (χ0n) is 11.7. The maximum Gasteiger partial charge on any atom is 0.333 e. The van der Waals surface area contributed by atoms with E-state index >= 15 is 0 Å². The summed E-state index contributed by atoms with van der Waals surface area (Å²) in [6.45, 7) is 6.00. The molecule has 1 rings (SSSR count). The molecule has 0 unspecified atom stereocenters. The first kappa shape index (κ1) is 15.5. The lowest BCUT2D eigenvalue weighted by Crippen LogP contribution is -2.50. The van der Waals surface area contributed by atoms with Gasteiger partial charge in [-0.15, -0.1) is 0 Å². The minimum absolute atomic E-state index is 0.413. The second kappa shape index (κ2) is 7.13. The number of anilines is 1. The van der Waals surface area contributed by atoms with Crippen molar-refractivity contribution in [2.75, 3.05) is 11.9 Å². The van der Waals surface area contributed by atoms with Crippen LogP contribution in [0.5, 0.6) is 0 Å². The molecule has 20 heavy (non-hydrogen) atoms. The Hall–Kier alpha value is -2.57. The highest BCUT2D eigenvalue weighted by Gasteiger charge is 2.14. The van der Waals surface area contributed by atoms with E-state index in [1.807, 2.05) is 25.3 Å². The van der Waals surface area contributed by atoms with Crippen LogP contribution in [0, 0.1) is 13.8 Å². The van der Waals surface area contributed by atoms with E-state index in [2.05, 4.69) is 16.1 Å². The van der Waals surface area contributed by atoms with Gasteiger partial charge < -0.3 is 10.6 Å². The lowest BCUT2D eigenvalue weighted by atomic mass is 10.1. The Morgan fingerprint density at radius 1 is 1.00 bits per heavy atom. The van der Waals surface area contributed by atoms with E-state index in [1.165, 1.54) is 0 Å². The minimum Gasteiger partial charge on any atom is -0.337 e. The fraction of sp³-hybridized carbons (Fsp3) is 0.308. The molecule has 0 atom stereocenters. The van der Waals surface area contributed by atoms with Crippen LogP contribution >= 0.6 is 0 Å². The molecule has 0 aliphatic heterocycles. The molecule has 0 bridgehead atoms. The topological polar surface area (TPSA) is 99.3 Å². The van der Waals surface area contributed by atoms with Crippen molar-refractivity contribution in [2.45, 2.75) is 20.8 Å². The number of benzene rings is 1. The van der Waals surface area contributed by atoms with Gasteiger partial charge in [-0.1, -0.05) is 6.07 Å². The average Bonchev–Trinajstić information content (AvgIpc) is 2.40. The molecular weight excluding hydrogens is 260 g/mol. The number of nitrogens with one attached hydrogen (secondary N) is 4. The van der Waals surface area contributed by atoms with Crippen molar-refractivity contribution in [1.82, 2.24) is 16.2 Å². The molecule has 0 aliphatic carbocycles. The molecular formula is C13H18N4O3. The maximum atomic E-state index is 11.6. The van der Waals surface area contributed by atoms with Crippen LogP contribution in [0.4, 0.5) is 10.5 Å². The number of carbonyl (C=O) groups excluding carboxylic acids is 3. The Kier molecular flexibility index (Phi) is 5.52. The van der Waals surface area contributed by atoms with Crippen LogP contribution in [-0.2, 0) is 9.59 Å². The minimum atomic E-state index is -0.950. The predicted octanol–water partition coefficient (Wildman–Crippen LogP) is 0.592. The zero-order valence-corrected chi connectivity index (χ0v) is 11.7. The second-order valence-corrected chi connectivity index (χ2v) is 4.19. The molecule has 0 saturated carbocycles. The molecule has 0 saturated heterocycles. The van der Waals surface area contributed by atoms with E-state index in [1.54, 1.807) is 19.1 Å². The summed E-state index contributed by atoms with van der Waals surface area (Å²) in [5.41, 5.74) is 6.67. The molecule has 4 N–H and O–H groups in total. The summed E-state index contributed by atoms with van der Waals surface area (Å²) >= 11 is 0. The smallest absolute Gasteiger partial charge is 0.333 e. The standard InChI is InChI=1S/C13H18N4O3/c1-4-14-13(20)17-16-12(19)11(18)15-10-6-5-8(2)9(3)7-10/h5-7H,4H2,1-3H3,(H,15,18)(H,16,19)(H2,14,17,20). The van der Waals surface area contributed by atoms with Gasteiger partial charge in [0.25, 0.3) is 0 Å². The third-order valence-electron chi connectivity index (χ3n) is 2.60. The number of amides is 4. The van der Waals surface area contributed by atoms with Crippen molar-refractivity contribution in [3.05, 3.63) is 29.3 Å². The van der Waals surface area contributed by atoms with Crippen molar-refractivity contribution in [3.63, 3.8) is 0 Å². The lowest BCUT2D eigenvalue weighted by Gasteiger charge is -2.09. The number of carbonyl (C=O) groups is 3. The van der Waals surface area contributed by atoms with Gasteiger partial charge in [-0.3, -0.25) is 15.0 Å². The SMILES string of the molecule is CCNC(=O)NNC(=O)C(=O)Nc1ccc(C)c(C)c1. The number of aryl methyl sites for hydroxylation is 2. The number of urea groups is 1. The van der Waals surface area contributed by atoms with Gasteiger partial charge in [0.05, 0.1) is 0 Å². The van der Waals surface area contributed by atoms with Gasteiger partial charge in [-0.25, -0.2) is 10.2 Å². The molecule has 7 heteroatoms. The summed E-state index contributed by atoms with van der Waals surface area (Å²) < 4.78 is 0. The van der Waals surface area contributed by atoms with Gasteiger partial charge >= 0.3 is 17.8 Å². The quantitative estimate of drug-likeness (QED) is 0.470. The number of hydrogen-bond acceptors (Lipinski definition) is 3. The Morgan fingerprint density at radius 3 is 2.30 bits per heavy atom. The summed E-state index contributed by atoms with van der Waals surface area (Å²) in [5, 5.41) is 4.85. The van der Waals surface area contributed by atoms with E-state index in [0.29, 0.717) is 12.2 Å². The first-order valence-corrected chi connectivity index (χ1v) is 6.16. The second-order valence-electron chi connectivity index (χ2n) is 4.19. The Morgan fingerprint density at radius 2 is 1.70 bits per heavy atom. The van der Waals surface area contributed by atoms with Crippen molar-refractivity contribution < 1.29 is 14.4 Å². The first-order valence-electron chi connectivity index (χ1n) is 6.16. The van der Waals surface area contributed by atoms with Crippen LogP contribution in [0.15, 0.2) is 18.2 Å². The molecule has 0 heterocycles. The van der Waals surface area contributed by atoms with Gasteiger partial charge in [0.2, 0.25) is 0 Å². The maximum absolute atomic E-state index is 11.6. The van der Waals surface area contributed by atoms with E-state index in [0.717, 1.165) is 11.1 Å². The number of rotatable bonds is 2. The summed E-state index contributed by atoms with van der Waals surface area (Å²) in [7, 11) is 0. The normalized spacial score (nSPS) is 9.55. The molecule has 0 spiro atoms. The van der Waals surface area contributed by atoms with Gasteiger partial charge in [0.1, 0.15) is 0 Å². The number of hydrogen-bond donors (Lipinski definition) is 4. The third-order valence-corrected chi connectivity index (χ3v) is 2.60. The molecule has 0 radical (unpaired) electrons. The molecule has 7 nitrogen and oxygen atoms in total. The average molecular weight is 278 g/mol. The van der Waals surface area contributed by atoms with Crippen LogP contribution in [0.2, 0.25) is 0 Å². The summed E-state index contributed by atoms with van der Waals surface area (Å²) in [6.07, 6.45) is 0. The highest BCUT2D eigenvalue weighted by molar-refractivity contribution is 6.39. The first-order chi connectivity index (χ1) is 9.43. The lowest BCUT2D eigenvalue weighted by molar-refractivity contribution is -0.136. The molecule has 108 valence electrons. The van der Waals surface area contributed by atoms with Crippen LogP contribution < -0.4 is 21.5 Å². The fourth-order valence-electron chi connectivity index (χ4n) is 1.38. The van der Waals surface area contributed by atoms with Gasteiger partial charge in [0, 0.05) is 12.2 Å². The van der Waals surface area contributed by atoms with Crippen molar-refractivity contribution in [3.8, 4) is 0 Å². The predicted molar refractivity (Wildman–Crippen MR) is 74.9 cm³/mol. The Labute approximate surface area is 117 Å². The molecule has 0 fully saturated rings. The third kappa shape index (κ3) is 4.60. The molecule has 0 aliphatic rings. The van der Waals surface area contributed by atoms with Crippen LogP contribution in [0.1, 0.15) is 18.1 Å². The van der Waals surface area contributed by atoms with Crippen molar-refractivity contribution in [2.24, 2.45) is 0 Å². The van der Waals surface area contributed by atoms with Gasteiger partial charge in [0.15, 0.2) is 0 Å². The molecule has 0 aromatic heterocycles. The largest absolute Gasteiger partial charge is 0.337 e. The van der Waals surface area contributed by atoms with Crippen LogP contribution in [0.3, 0.4) is 0 Å².